The zero-order valence-corrected chi connectivity index (χ0v) is 22.9. The Morgan fingerprint density at radius 1 is 0.838 bits per heavy atom. The van der Waals surface area contributed by atoms with Crippen molar-refractivity contribution in [1.82, 2.24) is 14.5 Å². The van der Waals surface area contributed by atoms with Gasteiger partial charge in [-0.2, -0.15) is 0 Å². The van der Waals surface area contributed by atoms with E-state index in [0.29, 0.717) is 11.5 Å². The predicted octanol–water partition coefficient (Wildman–Crippen LogP) is 7.61. The molecule has 0 spiro atoms. The van der Waals surface area contributed by atoms with Crippen molar-refractivity contribution in [3.8, 4) is 34.0 Å². The van der Waals surface area contributed by atoms with Gasteiger partial charge >= 0.3 is 0 Å². The van der Waals surface area contributed by atoms with E-state index in [1.807, 2.05) is 48.7 Å². The molecule has 5 heteroatoms. The van der Waals surface area contributed by atoms with Gasteiger partial charge < -0.3 is 9.67 Å². The Kier molecular flexibility index (Phi) is 6.95. The van der Waals surface area contributed by atoms with Gasteiger partial charge in [-0.15, -0.1) is 29.3 Å². The molecule has 0 aliphatic heterocycles. The first-order valence-corrected chi connectivity index (χ1v) is 12.2. The third kappa shape index (κ3) is 4.70. The van der Waals surface area contributed by atoms with Crippen LogP contribution in [0.3, 0.4) is 0 Å². The van der Waals surface area contributed by atoms with E-state index >= 15 is 0 Å². The Hall–Kier alpha value is -3.75. The Bertz CT molecular complexity index is 1670. The molecule has 6 aromatic rings. The zero-order valence-electron chi connectivity index (χ0n) is 20.6. The van der Waals surface area contributed by atoms with Crippen LogP contribution in [0.5, 0.6) is 5.75 Å². The summed E-state index contributed by atoms with van der Waals surface area (Å²) >= 11 is 0. The van der Waals surface area contributed by atoms with Crippen molar-refractivity contribution in [2.24, 2.45) is 5.92 Å². The minimum atomic E-state index is 0. The van der Waals surface area contributed by atoms with E-state index in [1.54, 1.807) is 6.07 Å². The molecule has 6 rings (SSSR count). The van der Waals surface area contributed by atoms with Crippen LogP contribution in [0.4, 0.5) is 0 Å². The van der Waals surface area contributed by atoms with Gasteiger partial charge in [0.25, 0.3) is 0 Å². The van der Waals surface area contributed by atoms with Crippen LogP contribution in [0.1, 0.15) is 19.4 Å². The van der Waals surface area contributed by atoms with Crippen molar-refractivity contribution in [1.29, 1.82) is 0 Å². The summed E-state index contributed by atoms with van der Waals surface area (Å²) in [7, 11) is 0. The van der Waals surface area contributed by atoms with Crippen LogP contribution < -0.4 is 0 Å². The van der Waals surface area contributed by atoms with E-state index in [0.717, 1.165) is 45.6 Å². The summed E-state index contributed by atoms with van der Waals surface area (Å²) < 4.78 is 2.20. The summed E-state index contributed by atoms with van der Waals surface area (Å²) in [6.45, 7) is 4.46. The molecule has 0 atom stereocenters. The van der Waals surface area contributed by atoms with Crippen molar-refractivity contribution in [3.63, 3.8) is 0 Å². The van der Waals surface area contributed by atoms with Crippen LogP contribution in [0.25, 0.3) is 50.1 Å². The van der Waals surface area contributed by atoms with Gasteiger partial charge in [-0.3, -0.25) is 4.98 Å². The van der Waals surface area contributed by atoms with Gasteiger partial charge in [-0.1, -0.05) is 56.3 Å². The number of phenols is 1. The molecular weight excluding hydrogens is 637 g/mol. The van der Waals surface area contributed by atoms with Gasteiger partial charge in [0.1, 0.15) is 11.4 Å². The molecule has 0 unspecified atom stereocenters. The second kappa shape index (κ2) is 10.3. The molecular formula is C32H26N3OPt-. The number of hydrogen-bond acceptors (Lipinski definition) is 3. The number of para-hydroxylation sites is 2. The summed E-state index contributed by atoms with van der Waals surface area (Å²) in [5.74, 6) is 0.724. The Labute approximate surface area is 230 Å². The smallest absolute Gasteiger partial charge is 0.144 e. The average molecular weight is 664 g/mol. The van der Waals surface area contributed by atoms with E-state index < -0.39 is 0 Å². The van der Waals surface area contributed by atoms with E-state index in [2.05, 4.69) is 66.9 Å². The number of nitrogens with zero attached hydrogens (tertiary/aromatic N) is 3. The molecule has 0 bridgehead atoms. The van der Waals surface area contributed by atoms with Crippen LogP contribution in [-0.2, 0) is 27.5 Å². The zero-order chi connectivity index (χ0) is 24.6. The minimum Gasteiger partial charge on any atom is -0.507 e. The summed E-state index contributed by atoms with van der Waals surface area (Å²) in [5, 5.41) is 12.7. The van der Waals surface area contributed by atoms with E-state index in [9.17, 15) is 5.11 Å². The van der Waals surface area contributed by atoms with Gasteiger partial charge in [0.05, 0.1) is 11.2 Å². The summed E-state index contributed by atoms with van der Waals surface area (Å²) in [4.78, 5) is 9.68. The maximum atomic E-state index is 10.4. The minimum absolute atomic E-state index is 0. The number of aromatic hydroxyl groups is 1. The molecule has 4 nitrogen and oxygen atoms in total. The van der Waals surface area contributed by atoms with E-state index in [4.69, 9.17) is 9.97 Å². The number of fused-ring (bicyclic) bond motifs is 3. The monoisotopic (exact) mass is 663 g/mol. The normalized spacial score (nSPS) is 11.2. The number of aromatic nitrogens is 3. The number of benzene rings is 3. The molecule has 1 N–H and O–H groups in total. The summed E-state index contributed by atoms with van der Waals surface area (Å²) in [6, 6.07) is 33.8. The first-order chi connectivity index (χ1) is 17.6. The summed E-state index contributed by atoms with van der Waals surface area (Å²) in [5.41, 5.74) is 7.37. The van der Waals surface area contributed by atoms with Crippen LogP contribution in [0.15, 0.2) is 97.2 Å². The van der Waals surface area contributed by atoms with Crippen LogP contribution in [-0.4, -0.2) is 19.6 Å². The van der Waals surface area contributed by atoms with E-state index in [1.165, 1.54) is 10.9 Å². The molecule has 37 heavy (non-hydrogen) atoms. The third-order valence-corrected chi connectivity index (χ3v) is 6.44. The fraction of sp³-hybridized carbons (Fsp3) is 0.125. The maximum absolute atomic E-state index is 10.4. The first kappa shape index (κ1) is 24.9. The average Bonchev–Trinajstić information content (AvgIpc) is 3.23. The fourth-order valence-corrected chi connectivity index (χ4v) is 4.93. The fourth-order valence-electron chi connectivity index (χ4n) is 4.93. The number of pyridine rings is 2. The molecule has 0 aliphatic rings. The largest absolute Gasteiger partial charge is 0.507 e. The van der Waals surface area contributed by atoms with Crippen molar-refractivity contribution in [3.05, 3.63) is 109 Å². The van der Waals surface area contributed by atoms with Gasteiger partial charge in [0.2, 0.25) is 0 Å². The van der Waals surface area contributed by atoms with Crippen molar-refractivity contribution >= 4 is 21.9 Å². The molecule has 0 fully saturated rings. The summed E-state index contributed by atoms with van der Waals surface area (Å²) in [6.07, 6.45) is 2.78. The molecule has 3 aromatic carbocycles. The number of rotatable bonds is 5. The van der Waals surface area contributed by atoms with Gasteiger partial charge in [0, 0.05) is 43.6 Å². The second-order valence-electron chi connectivity index (χ2n) is 9.54. The topological polar surface area (TPSA) is 50.9 Å². The standard InChI is InChI=1S/C32H26N3O.Pt/c1-21(2)17-22-18-23(28-12-7-13-29(34-28)27-10-4-6-15-31(27)36)20-24(19-22)35-30-14-5-3-9-25(30)26-11-8-16-33-32(26)35;/h3-16,18-19,21,36H,17H2,1-2H3;/q-1;. The number of phenolic OH excluding ortho intramolecular Hbond substituents is 1. The van der Waals surface area contributed by atoms with Crippen molar-refractivity contribution in [2.45, 2.75) is 20.3 Å². The van der Waals surface area contributed by atoms with Gasteiger partial charge in [-0.05, 0) is 60.1 Å². The van der Waals surface area contributed by atoms with Crippen LogP contribution in [0.2, 0.25) is 0 Å². The SMILES string of the molecule is CC(C)Cc1cc(-c2cccc(-c3ccccc3O)n2)[c-]c(-n2c3ccccc3c3cccnc32)c1.[Pt]. The molecule has 186 valence electrons. The Morgan fingerprint density at radius 2 is 1.59 bits per heavy atom. The first-order valence-electron chi connectivity index (χ1n) is 12.2. The van der Waals surface area contributed by atoms with E-state index in [-0.39, 0.29) is 26.8 Å². The van der Waals surface area contributed by atoms with Crippen LogP contribution >= 0.6 is 0 Å². The molecule has 3 heterocycles. The Balaban J connectivity index is 0.00000280. The molecule has 0 radical (unpaired) electrons. The maximum Gasteiger partial charge on any atom is 0.144 e. The number of hydrogen-bond donors (Lipinski definition) is 1. The molecule has 3 aromatic heterocycles. The third-order valence-electron chi connectivity index (χ3n) is 6.44. The van der Waals surface area contributed by atoms with Crippen molar-refractivity contribution in [2.75, 3.05) is 0 Å². The van der Waals surface area contributed by atoms with Crippen LogP contribution in [0, 0.1) is 12.0 Å². The molecule has 0 aliphatic carbocycles. The molecule has 0 amide bonds. The quantitative estimate of drug-likeness (QED) is 0.193. The molecule has 0 saturated carbocycles. The van der Waals surface area contributed by atoms with Crippen molar-refractivity contribution < 1.29 is 26.2 Å². The van der Waals surface area contributed by atoms with Gasteiger partial charge in [-0.25, -0.2) is 4.98 Å². The predicted molar refractivity (Wildman–Crippen MR) is 146 cm³/mol. The molecule has 0 saturated heterocycles. The Morgan fingerprint density at radius 3 is 2.43 bits per heavy atom. The van der Waals surface area contributed by atoms with Gasteiger partial charge in [0.15, 0.2) is 0 Å². The second-order valence-corrected chi connectivity index (χ2v) is 9.54.